The Morgan fingerprint density at radius 2 is 1.93 bits per heavy atom. The molecule has 2 fully saturated rings. The fourth-order valence-electron chi connectivity index (χ4n) is 3.65. The summed E-state index contributed by atoms with van der Waals surface area (Å²) >= 11 is 1.64. The van der Waals surface area contributed by atoms with E-state index in [1.54, 1.807) is 23.9 Å². The minimum Gasteiger partial charge on any atom is -0.489 e. The second kappa shape index (κ2) is 7.88. The number of hydrazine groups is 1. The molecule has 4 rings (SSSR count). The molecular formula is C20H22FN3O2S. The van der Waals surface area contributed by atoms with Crippen molar-refractivity contribution in [2.45, 2.75) is 31.0 Å². The molecule has 2 aromatic carbocycles. The third-order valence-electron chi connectivity index (χ3n) is 5.02. The number of thioether (sulfide) groups is 1. The number of rotatable bonds is 4. The molecule has 0 spiro atoms. The van der Waals surface area contributed by atoms with Gasteiger partial charge in [0.15, 0.2) is 0 Å². The van der Waals surface area contributed by atoms with Crippen LogP contribution in [0.25, 0.3) is 0 Å². The van der Waals surface area contributed by atoms with Crippen molar-refractivity contribution in [3.05, 3.63) is 65.5 Å². The summed E-state index contributed by atoms with van der Waals surface area (Å²) in [5.41, 5.74) is 8.41. The minimum atomic E-state index is -0.257. The van der Waals surface area contributed by atoms with Crippen molar-refractivity contribution in [3.8, 4) is 5.75 Å². The van der Waals surface area contributed by atoms with E-state index in [2.05, 4.69) is 29.2 Å². The molecular weight excluding hydrogens is 365 g/mol. The lowest BCUT2D eigenvalue weighted by atomic mass is 9.91. The zero-order valence-electron chi connectivity index (χ0n) is 14.9. The Balaban J connectivity index is 1.59. The summed E-state index contributed by atoms with van der Waals surface area (Å²) in [5.74, 6) is 1.18. The van der Waals surface area contributed by atoms with Crippen molar-refractivity contribution in [1.29, 1.82) is 0 Å². The van der Waals surface area contributed by atoms with Crippen molar-refractivity contribution in [2.75, 3.05) is 5.75 Å². The maximum atomic E-state index is 13.1. The molecule has 27 heavy (non-hydrogen) atoms. The van der Waals surface area contributed by atoms with E-state index in [0.717, 1.165) is 16.9 Å². The molecule has 0 radical (unpaired) electrons. The average molecular weight is 387 g/mol. The smallest absolute Gasteiger partial charge is 0.231 e. The molecule has 1 amide bonds. The second-order valence-corrected chi connectivity index (χ2v) is 8.01. The van der Waals surface area contributed by atoms with Gasteiger partial charge in [-0.3, -0.25) is 10.2 Å². The molecule has 5 nitrogen and oxygen atoms in total. The zero-order valence-corrected chi connectivity index (χ0v) is 15.8. The molecule has 142 valence electrons. The van der Waals surface area contributed by atoms with Crippen molar-refractivity contribution in [2.24, 2.45) is 5.92 Å². The van der Waals surface area contributed by atoms with Crippen LogP contribution < -0.4 is 20.9 Å². The molecule has 7 heteroatoms. The van der Waals surface area contributed by atoms with Gasteiger partial charge in [0.05, 0.1) is 11.9 Å². The van der Waals surface area contributed by atoms with Crippen LogP contribution in [-0.2, 0) is 11.4 Å². The number of fused-ring (bicyclic) bond motifs is 1. The number of amides is 1. The van der Waals surface area contributed by atoms with Crippen LogP contribution in [0.3, 0.4) is 0 Å². The van der Waals surface area contributed by atoms with Gasteiger partial charge in [0, 0.05) is 22.8 Å². The van der Waals surface area contributed by atoms with Gasteiger partial charge in [-0.2, -0.15) is 0 Å². The highest BCUT2D eigenvalue weighted by atomic mass is 32.2. The Morgan fingerprint density at radius 1 is 1.15 bits per heavy atom. The summed E-state index contributed by atoms with van der Waals surface area (Å²) in [5, 5.41) is 3.15. The molecule has 0 aromatic heterocycles. The standard InChI is InChI=1S/C20H22FN3O2S/c1-12-18-19(27-11-17(25)22-20(18)24-23-12)15-4-2-3-5-16(15)26-10-13-6-8-14(21)9-7-13/h2-9,12,18-20,23-24H,10-11H2,1H3,(H,22,25). The Kier molecular flexibility index (Phi) is 5.33. The number of halogens is 1. The summed E-state index contributed by atoms with van der Waals surface area (Å²) in [6.45, 7) is 2.48. The molecule has 3 N–H and O–H groups in total. The SMILES string of the molecule is CC1NNC2NC(=O)CSC(c3ccccc3OCc3ccc(F)cc3)C12. The van der Waals surface area contributed by atoms with Gasteiger partial charge in [-0.05, 0) is 30.7 Å². The van der Waals surface area contributed by atoms with E-state index in [1.165, 1.54) is 12.1 Å². The van der Waals surface area contributed by atoms with Crippen molar-refractivity contribution >= 4 is 17.7 Å². The highest BCUT2D eigenvalue weighted by molar-refractivity contribution is 8.00. The molecule has 2 aliphatic heterocycles. The molecule has 0 aliphatic carbocycles. The highest BCUT2D eigenvalue weighted by Crippen LogP contribution is 2.45. The van der Waals surface area contributed by atoms with Gasteiger partial charge >= 0.3 is 0 Å². The fourth-order valence-corrected chi connectivity index (χ4v) is 5.05. The Labute approximate surface area is 162 Å². The number of carbonyl (C=O) groups is 1. The number of ether oxygens (including phenoxy) is 1. The van der Waals surface area contributed by atoms with Crippen LogP contribution in [0.4, 0.5) is 4.39 Å². The Bertz CT molecular complexity index is 817. The van der Waals surface area contributed by atoms with Crippen molar-refractivity contribution in [1.82, 2.24) is 16.2 Å². The van der Waals surface area contributed by atoms with Crippen LogP contribution in [0.2, 0.25) is 0 Å². The number of para-hydroxylation sites is 1. The van der Waals surface area contributed by atoms with Gasteiger partial charge in [0.1, 0.15) is 18.2 Å². The first-order valence-corrected chi connectivity index (χ1v) is 10.0. The maximum Gasteiger partial charge on any atom is 0.231 e. The van der Waals surface area contributed by atoms with Gasteiger partial charge in [-0.25, -0.2) is 9.82 Å². The van der Waals surface area contributed by atoms with E-state index in [4.69, 9.17) is 4.74 Å². The third-order valence-corrected chi connectivity index (χ3v) is 6.38. The van der Waals surface area contributed by atoms with Gasteiger partial charge < -0.3 is 10.1 Å². The number of benzene rings is 2. The molecule has 2 saturated heterocycles. The van der Waals surface area contributed by atoms with E-state index < -0.39 is 0 Å². The molecule has 0 saturated carbocycles. The van der Waals surface area contributed by atoms with Crippen molar-refractivity contribution < 1.29 is 13.9 Å². The van der Waals surface area contributed by atoms with E-state index >= 15 is 0 Å². The molecule has 2 heterocycles. The predicted octanol–water partition coefficient (Wildman–Crippen LogP) is 2.75. The van der Waals surface area contributed by atoms with E-state index in [-0.39, 0.29) is 35.1 Å². The summed E-state index contributed by atoms with van der Waals surface area (Å²) in [4.78, 5) is 12.1. The molecule has 4 atom stereocenters. The Hall–Kier alpha value is -2.09. The monoisotopic (exact) mass is 387 g/mol. The lowest BCUT2D eigenvalue weighted by Gasteiger charge is -2.28. The lowest BCUT2D eigenvalue weighted by molar-refractivity contribution is -0.119. The number of nitrogens with one attached hydrogen (secondary N) is 3. The average Bonchev–Trinajstić information content (AvgIpc) is 2.93. The summed E-state index contributed by atoms with van der Waals surface area (Å²) in [6.07, 6.45) is -0.113. The molecule has 2 aliphatic rings. The van der Waals surface area contributed by atoms with Gasteiger partial charge in [0.25, 0.3) is 0 Å². The van der Waals surface area contributed by atoms with Gasteiger partial charge in [-0.1, -0.05) is 30.3 Å². The number of hydrogen-bond acceptors (Lipinski definition) is 5. The van der Waals surface area contributed by atoms with Crippen LogP contribution in [0.1, 0.15) is 23.3 Å². The predicted molar refractivity (Wildman–Crippen MR) is 104 cm³/mol. The van der Waals surface area contributed by atoms with Crippen LogP contribution in [0.5, 0.6) is 5.75 Å². The van der Waals surface area contributed by atoms with Gasteiger partial charge in [0.2, 0.25) is 5.91 Å². The third kappa shape index (κ3) is 3.95. The first kappa shape index (κ1) is 18.3. The second-order valence-electron chi connectivity index (χ2n) is 6.88. The Morgan fingerprint density at radius 3 is 2.74 bits per heavy atom. The van der Waals surface area contributed by atoms with Crippen LogP contribution in [-0.4, -0.2) is 23.9 Å². The molecule has 0 bridgehead atoms. The van der Waals surface area contributed by atoms with Gasteiger partial charge in [-0.15, -0.1) is 11.8 Å². The summed E-state index contributed by atoms with van der Waals surface area (Å²) in [6, 6.07) is 14.5. The lowest BCUT2D eigenvalue weighted by Crippen LogP contribution is -2.46. The maximum absolute atomic E-state index is 13.1. The van der Waals surface area contributed by atoms with E-state index in [1.807, 2.05) is 18.2 Å². The number of hydrogen-bond donors (Lipinski definition) is 3. The summed E-state index contributed by atoms with van der Waals surface area (Å²) < 4.78 is 19.2. The quantitative estimate of drug-likeness (QED) is 0.753. The summed E-state index contributed by atoms with van der Waals surface area (Å²) in [7, 11) is 0. The molecule has 4 unspecified atom stereocenters. The first-order valence-electron chi connectivity index (χ1n) is 9.00. The van der Waals surface area contributed by atoms with Crippen LogP contribution >= 0.6 is 11.8 Å². The van der Waals surface area contributed by atoms with E-state index in [9.17, 15) is 9.18 Å². The van der Waals surface area contributed by atoms with E-state index in [0.29, 0.717) is 12.4 Å². The largest absolute Gasteiger partial charge is 0.489 e. The topological polar surface area (TPSA) is 62.4 Å². The minimum absolute atomic E-state index is 0.0330. The zero-order chi connectivity index (χ0) is 18.8. The van der Waals surface area contributed by atoms with Crippen molar-refractivity contribution in [3.63, 3.8) is 0 Å². The fraction of sp³-hybridized carbons (Fsp3) is 0.350. The molecule has 2 aromatic rings. The van der Waals surface area contributed by atoms with Crippen LogP contribution in [0.15, 0.2) is 48.5 Å². The number of carbonyl (C=O) groups excluding carboxylic acids is 1. The highest BCUT2D eigenvalue weighted by Gasteiger charge is 2.43. The van der Waals surface area contributed by atoms with Crippen LogP contribution in [0, 0.1) is 11.7 Å². The normalized spacial score (nSPS) is 27.6. The first-order chi connectivity index (χ1) is 13.1.